The first-order valence-corrected chi connectivity index (χ1v) is 7.02. The Kier molecular flexibility index (Phi) is 5.77. The number of rotatable bonds is 6. The van der Waals surface area contributed by atoms with E-state index in [4.69, 9.17) is 0 Å². The molecular formula is C14H30N2. The van der Waals surface area contributed by atoms with E-state index in [1.165, 1.54) is 45.3 Å². The molecule has 0 spiro atoms. The van der Waals surface area contributed by atoms with Crippen molar-refractivity contribution in [3.63, 3.8) is 0 Å². The second-order valence-corrected chi connectivity index (χ2v) is 5.67. The molecule has 2 nitrogen and oxygen atoms in total. The molecule has 1 aliphatic heterocycles. The topological polar surface area (TPSA) is 15.3 Å². The van der Waals surface area contributed by atoms with Gasteiger partial charge in [0.05, 0.1) is 0 Å². The highest BCUT2D eigenvalue weighted by molar-refractivity contribution is 4.84. The summed E-state index contributed by atoms with van der Waals surface area (Å²) in [5, 5.41) is 3.27. The maximum atomic E-state index is 3.27. The Labute approximate surface area is 102 Å². The summed E-state index contributed by atoms with van der Waals surface area (Å²) in [6.45, 7) is 12.1. The minimum Gasteiger partial charge on any atom is -0.319 e. The molecule has 1 fully saturated rings. The van der Waals surface area contributed by atoms with Crippen LogP contribution in [0.5, 0.6) is 0 Å². The molecule has 0 amide bonds. The maximum Gasteiger partial charge on any atom is 0.00191 e. The molecule has 0 aliphatic carbocycles. The van der Waals surface area contributed by atoms with Crippen molar-refractivity contribution in [2.45, 2.75) is 46.5 Å². The first-order chi connectivity index (χ1) is 7.65. The van der Waals surface area contributed by atoms with Gasteiger partial charge in [0.15, 0.2) is 0 Å². The van der Waals surface area contributed by atoms with Crippen molar-refractivity contribution in [1.82, 2.24) is 10.2 Å². The van der Waals surface area contributed by atoms with Crippen molar-refractivity contribution in [1.29, 1.82) is 0 Å². The van der Waals surface area contributed by atoms with Gasteiger partial charge in [-0.1, -0.05) is 33.6 Å². The number of nitrogens with zero attached hydrogens (tertiary/aromatic N) is 1. The minimum atomic E-state index is 0.669. The van der Waals surface area contributed by atoms with Gasteiger partial charge < -0.3 is 10.2 Å². The van der Waals surface area contributed by atoms with Crippen molar-refractivity contribution in [3.8, 4) is 0 Å². The quantitative estimate of drug-likeness (QED) is 0.749. The maximum absolute atomic E-state index is 3.27. The second kappa shape index (κ2) is 6.61. The molecule has 1 heterocycles. The lowest BCUT2D eigenvalue weighted by Crippen LogP contribution is -2.42. The van der Waals surface area contributed by atoms with Crippen LogP contribution >= 0.6 is 0 Å². The van der Waals surface area contributed by atoms with Gasteiger partial charge >= 0.3 is 0 Å². The third kappa shape index (κ3) is 3.74. The summed E-state index contributed by atoms with van der Waals surface area (Å²) in [4.78, 5) is 2.66. The van der Waals surface area contributed by atoms with Crippen LogP contribution in [0.15, 0.2) is 0 Å². The van der Waals surface area contributed by atoms with Crippen molar-refractivity contribution in [2.75, 3.05) is 33.2 Å². The lowest BCUT2D eigenvalue weighted by atomic mass is 9.74. The van der Waals surface area contributed by atoms with E-state index in [1.54, 1.807) is 0 Å². The Morgan fingerprint density at radius 3 is 2.19 bits per heavy atom. The van der Waals surface area contributed by atoms with Gasteiger partial charge in [0.25, 0.3) is 0 Å². The average molecular weight is 226 g/mol. The van der Waals surface area contributed by atoms with Crippen LogP contribution < -0.4 is 5.32 Å². The van der Waals surface area contributed by atoms with Gasteiger partial charge in [0, 0.05) is 6.54 Å². The second-order valence-electron chi connectivity index (χ2n) is 5.67. The van der Waals surface area contributed by atoms with E-state index in [9.17, 15) is 0 Å². The largest absolute Gasteiger partial charge is 0.319 e. The van der Waals surface area contributed by atoms with Crippen LogP contribution in [-0.4, -0.2) is 38.1 Å². The van der Waals surface area contributed by atoms with Gasteiger partial charge in [-0.2, -0.15) is 0 Å². The molecule has 0 aromatic carbocycles. The predicted molar refractivity (Wildman–Crippen MR) is 71.8 cm³/mol. The van der Waals surface area contributed by atoms with Crippen LogP contribution in [-0.2, 0) is 0 Å². The molecule has 1 N–H and O–H groups in total. The number of hydrogen-bond donors (Lipinski definition) is 1. The number of piperidine rings is 1. The van der Waals surface area contributed by atoms with E-state index in [0.717, 1.165) is 12.5 Å². The highest BCUT2D eigenvalue weighted by Gasteiger charge is 2.31. The molecule has 0 aromatic heterocycles. The van der Waals surface area contributed by atoms with Crippen LogP contribution in [0.25, 0.3) is 0 Å². The third-order valence-corrected chi connectivity index (χ3v) is 4.54. The fraction of sp³-hybridized carbons (Fsp3) is 1.00. The Morgan fingerprint density at radius 2 is 1.75 bits per heavy atom. The predicted octanol–water partition coefficient (Wildman–Crippen LogP) is 2.74. The smallest absolute Gasteiger partial charge is 0.00191 e. The van der Waals surface area contributed by atoms with Crippen LogP contribution in [0.4, 0.5) is 0 Å². The molecule has 1 aliphatic rings. The van der Waals surface area contributed by atoms with Crippen LogP contribution in [0.2, 0.25) is 0 Å². The molecular weight excluding hydrogens is 196 g/mol. The van der Waals surface area contributed by atoms with E-state index >= 15 is 0 Å². The van der Waals surface area contributed by atoms with Gasteiger partial charge in [-0.15, -0.1) is 0 Å². The van der Waals surface area contributed by atoms with Gasteiger partial charge in [0.2, 0.25) is 0 Å². The van der Waals surface area contributed by atoms with Crippen LogP contribution in [0.1, 0.15) is 46.5 Å². The van der Waals surface area contributed by atoms with Gasteiger partial charge in [-0.3, -0.25) is 0 Å². The minimum absolute atomic E-state index is 0.669. The molecule has 0 saturated carbocycles. The fourth-order valence-electron chi connectivity index (χ4n) is 3.02. The average Bonchev–Trinajstić information content (AvgIpc) is 2.31. The zero-order chi connectivity index (χ0) is 12.0. The molecule has 96 valence electrons. The SMILES string of the molecule is CCC1(CC)CCN(CC(C)CNC)CC1. The first kappa shape index (κ1) is 14.0. The molecule has 16 heavy (non-hydrogen) atoms. The molecule has 2 heteroatoms. The third-order valence-electron chi connectivity index (χ3n) is 4.54. The standard InChI is InChI=1S/C14H30N2/c1-5-14(6-2)7-9-16(10-8-14)12-13(3)11-15-4/h13,15H,5-12H2,1-4H3. The van der Waals surface area contributed by atoms with Gasteiger partial charge in [0.1, 0.15) is 0 Å². The molecule has 0 radical (unpaired) electrons. The van der Waals surface area contributed by atoms with Gasteiger partial charge in [-0.05, 0) is 50.9 Å². The first-order valence-electron chi connectivity index (χ1n) is 7.02. The lowest BCUT2D eigenvalue weighted by Gasteiger charge is -2.41. The highest BCUT2D eigenvalue weighted by Crippen LogP contribution is 2.37. The van der Waals surface area contributed by atoms with Crippen molar-refractivity contribution >= 4 is 0 Å². The van der Waals surface area contributed by atoms with E-state index in [2.05, 4.69) is 31.0 Å². The summed E-state index contributed by atoms with van der Waals surface area (Å²) in [5.74, 6) is 0.778. The van der Waals surface area contributed by atoms with Crippen molar-refractivity contribution in [2.24, 2.45) is 11.3 Å². The molecule has 1 rings (SSSR count). The highest BCUT2D eigenvalue weighted by atomic mass is 15.1. The molecule has 1 atom stereocenters. The fourth-order valence-corrected chi connectivity index (χ4v) is 3.02. The lowest BCUT2D eigenvalue weighted by molar-refractivity contribution is 0.0862. The summed E-state index contributed by atoms with van der Waals surface area (Å²) in [6, 6.07) is 0. The summed E-state index contributed by atoms with van der Waals surface area (Å²) in [7, 11) is 2.05. The zero-order valence-corrected chi connectivity index (χ0v) is 11.7. The Balaban J connectivity index is 2.31. The Morgan fingerprint density at radius 1 is 1.19 bits per heavy atom. The zero-order valence-electron chi connectivity index (χ0n) is 11.7. The number of nitrogens with one attached hydrogen (secondary N) is 1. The monoisotopic (exact) mass is 226 g/mol. The molecule has 0 bridgehead atoms. The summed E-state index contributed by atoms with van der Waals surface area (Å²) >= 11 is 0. The number of likely N-dealkylation sites (tertiary alicyclic amines) is 1. The summed E-state index contributed by atoms with van der Waals surface area (Å²) in [6.07, 6.45) is 5.55. The Hall–Kier alpha value is -0.0800. The van der Waals surface area contributed by atoms with Gasteiger partial charge in [-0.25, -0.2) is 0 Å². The van der Waals surface area contributed by atoms with Crippen molar-refractivity contribution < 1.29 is 0 Å². The van der Waals surface area contributed by atoms with Crippen LogP contribution in [0.3, 0.4) is 0 Å². The van der Waals surface area contributed by atoms with E-state index in [0.29, 0.717) is 5.41 Å². The molecule has 1 unspecified atom stereocenters. The Bertz CT molecular complexity index is 177. The van der Waals surface area contributed by atoms with E-state index < -0.39 is 0 Å². The molecule has 0 aromatic rings. The summed E-state index contributed by atoms with van der Waals surface area (Å²) < 4.78 is 0. The molecule has 1 saturated heterocycles. The van der Waals surface area contributed by atoms with Crippen molar-refractivity contribution in [3.05, 3.63) is 0 Å². The van der Waals surface area contributed by atoms with E-state index in [-0.39, 0.29) is 0 Å². The van der Waals surface area contributed by atoms with E-state index in [1.807, 2.05) is 7.05 Å². The van der Waals surface area contributed by atoms with Crippen LogP contribution in [0, 0.1) is 11.3 Å². The summed E-state index contributed by atoms with van der Waals surface area (Å²) in [5.41, 5.74) is 0.669. The normalized spacial score (nSPS) is 23.2. The number of hydrogen-bond acceptors (Lipinski definition) is 2.